The van der Waals surface area contributed by atoms with Gasteiger partial charge in [-0.3, -0.25) is 14.4 Å². The average Bonchev–Trinajstić information content (AvgIpc) is 3.45. The number of rotatable bonds is 53. The topological polar surface area (TPSA) is 78.9 Å². The fraction of sp³-hybridized carbons (Fsp3) is 0.521. The molecule has 79 heavy (non-hydrogen) atoms. The van der Waals surface area contributed by atoms with E-state index in [0.717, 1.165) is 135 Å². The van der Waals surface area contributed by atoms with Crippen molar-refractivity contribution in [3.8, 4) is 0 Å². The monoisotopic (exact) mass is 1080 g/mol. The van der Waals surface area contributed by atoms with Crippen LogP contribution in [0.15, 0.2) is 194 Å². The number of unbranched alkanes of at least 4 members (excludes halogenated alkanes) is 10. The van der Waals surface area contributed by atoms with Gasteiger partial charge >= 0.3 is 17.9 Å². The molecule has 0 aliphatic carbocycles. The van der Waals surface area contributed by atoms with E-state index < -0.39 is 6.10 Å². The second kappa shape index (κ2) is 64.8. The predicted molar refractivity (Wildman–Crippen MR) is 343 cm³/mol. The minimum atomic E-state index is -0.850. The van der Waals surface area contributed by atoms with E-state index in [4.69, 9.17) is 14.2 Å². The molecule has 0 spiro atoms. The van der Waals surface area contributed by atoms with E-state index in [-0.39, 0.29) is 50.4 Å². The number of hydrogen-bond donors (Lipinski definition) is 0. The second-order valence-corrected chi connectivity index (χ2v) is 19.5. The Kier molecular flexibility index (Phi) is 60.1. The van der Waals surface area contributed by atoms with Gasteiger partial charge < -0.3 is 14.2 Å². The minimum absolute atomic E-state index is 0.146. The first-order valence-electron chi connectivity index (χ1n) is 30.9. The van der Waals surface area contributed by atoms with Crippen LogP contribution in [0.5, 0.6) is 0 Å². The van der Waals surface area contributed by atoms with Gasteiger partial charge in [-0.15, -0.1) is 0 Å². The molecule has 438 valence electrons. The first-order chi connectivity index (χ1) is 39.0. The largest absolute Gasteiger partial charge is 0.462 e. The zero-order valence-electron chi connectivity index (χ0n) is 50.0. The van der Waals surface area contributed by atoms with Crippen molar-refractivity contribution in [1.29, 1.82) is 0 Å². The summed E-state index contributed by atoms with van der Waals surface area (Å²) in [7, 11) is 0. The van der Waals surface area contributed by atoms with Gasteiger partial charge in [-0.05, 0) is 148 Å². The summed E-state index contributed by atoms with van der Waals surface area (Å²) in [6, 6.07) is 0. The van der Waals surface area contributed by atoms with Gasteiger partial charge in [0.25, 0.3) is 0 Å². The highest BCUT2D eigenvalue weighted by atomic mass is 16.6. The van der Waals surface area contributed by atoms with Gasteiger partial charge in [-0.1, -0.05) is 254 Å². The maximum atomic E-state index is 12.9. The zero-order chi connectivity index (χ0) is 57.1. The summed E-state index contributed by atoms with van der Waals surface area (Å²) in [5.41, 5.74) is 0. The van der Waals surface area contributed by atoms with E-state index in [9.17, 15) is 14.4 Å². The van der Waals surface area contributed by atoms with Gasteiger partial charge in [0.15, 0.2) is 6.10 Å². The third kappa shape index (κ3) is 63.0. The molecule has 0 heterocycles. The van der Waals surface area contributed by atoms with Gasteiger partial charge in [-0.25, -0.2) is 0 Å². The summed E-state index contributed by atoms with van der Waals surface area (Å²) in [6.45, 7) is 6.23. The van der Waals surface area contributed by atoms with Crippen LogP contribution in [0.25, 0.3) is 0 Å². The van der Waals surface area contributed by atoms with Crippen molar-refractivity contribution in [3.05, 3.63) is 194 Å². The zero-order valence-corrected chi connectivity index (χ0v) is 50.0. The SMILES string of the molecule is CC/C=C\C/C=C\C/C=C\C/C=C\C/C=C\C/C=C\C/C=C\C/C=C\C/C=C\CCCC(=O)OCC(COC(=O)CC/C=C\C/C=C\C/C=C\C/C=C\CC)OC(=O)CCCCCCCC/C=C\C/C=C\C/C=C\CCCCC. The van der Waals surface area contributed by atoms with Crippen LogP contribution >= 0.6 is 0 Å². The number of carbonyl (C=O) groups excluding carboxylic acids is 3. The summed E-state index contributed by atoms with van der Waals surface area (Å²) in [5.74, 6) is -1.11. The molecule has 0 amide bonds. The number of ether oxygens (including phenoxy) is 3. The van der Waals surface area contributed by atoms with Crippen molar-refractivity contribution in [2.45, 2.75) is 232 Å². The van der Waals surface area contributed by atoms with Gasteiger partial charge in [0, 0.05) is 19.3 Å². The van der Waals surface area contributed by atoms with Gasteiger partial charge in [0.1, 0.15) is 13.2 Å². The smallest absolute Gasteiger partial charge is 0.306 e. The van der Waals surface area contributed by atoms with Crippen LogP contribution in [0.3, 0.4) is 0 Å². The summed E-state index contributed by atoms with van der Waals surface area (Å²) >= 11 is 0. The third-order valence-corrected chi connectivity index (χ3v) is 12.1. The lowest BCUT2D eigenvalue weighted by atomic mass is 10.1. The van der Waals surface area contributed by atoms with Crippen molar-refractivity contribution in [2.24, 2.45) is 0 Å². The van der Waals surface area contributed by atoms with E-state index in [1.54, 1.807) is 0 Å². The number of hydrogen-bond acceptors (Lipinski definition) is 6. The molecular weight excluding hydrogens is 973 g/mol. The second-order valence-electron chi connectivity index (χ2n) is 19.5. The molecule has 1 atom stereocenters. The van der Waals surface area contributed by atoms with E-state index in [0.29, 0.717) is 12.8 Å². The highest BCUT2D eigenvalue weighted by Gasteiger charge is 2.19. The average molecular weight is 1080 g/mol. The van der Waals surface area contributed by atoms with Crippen LogP contribution in [-0.4, -0.2) is 37.2 Å². The molecule has 0 N–H and O–H groups in total. The third-order valence-electron chi connectivity index (χ3n) is 12.1. The molecule has 0 bridgehead atoms. The lowest BCUT2D eigenvalue weighted by Gasteiger charge is -2.18. The molecule has 0 radical (unpaired) electrons. The van der Waals surface area contributed by atoms with Crippen LogP contribution in [-0.2, 0) is 28.6 Å². The van der Waals surface area contributed by atoms with Gasteiger partial charge in [0.05, 0.1) is 0 Å². The van der Waals surface area contributed by atoms with Crippen LogP contribution in [0.4, 0.5) is 0 Å². The molecule has 0 rings (SSSR count). The lowest BCUT2D eigenvalue weighted by Crippen LogP contribution is -2.30. The molecule has 0 aromatic heterocycles. The van der Waals surface area contributed by atoms with E-state index in [1.165, 1.54) is 38.5 Å². The van der Waals surface area contributed by atoms with Crippen LogP contribution in [0.1, 0.15) is 226 Å². The molecule has 0 aliphatic heterocycles. The van der Waals surface area contributed by atoms with Gasteiger partial charge in [0.2, 0.25) is 0 Å². The van der Waals surface area contributed by atoms with Crippen LogP contribution in [0, 0.1) is 0 Å². The molecule has 1 unspecified atom stereocenters. The Morgan fingerprint density at radius 2 is 0.532 bits per heavy atom. The highest BCUT2D eigenvalue weighted by molar-refractivity contribution is 5.71. The van der Waals surface area contributed by atoms with Crippen LogP contribution in [0.2, 0.25) is 0 Å². The molecule has 6 nitrogen and oxygen atoms in total. The van der Waals surface area contributed by atoms with Crippen LogP contribution < -0.4 is 0 Å². The Balaban J connectivity index is 4.55. The maximum absolute atomic E-state index is 12.9. The maximum Gasteiger partial charge on any atom is 0.306 e. The Morgan fingerprint density at radius 1 is 0.266 bits per heavy atom. The summed E-state index contributed by atoms with van der Waals surface area (Å²) in [4.78, 5) is 38.2. The molecule has 0 aliphatic rings. The van der Waals surface area contributed by atoms with Gasteiger partial charge in [-0.2, -0.15) is 0 Å². The summed E-state index contributed by atoms with van der Waals surface area (Å²) in [5, 5.41) is 0. The quantitative estimate of drug-likeness (QED) is 0.0261. The Morgan fingerprint density at radius 3 is 0.886 bits per heavy atom. The molecule has 0 aromatic rings. The Hall–Kier alpha value is -5.75. The minimum Gasteiger partial charge on any atom is -0.462 e. The van der Waals surface area contributed by atoms with Crippen molar-refractivity contribution < 1.29 is 28.6 Å². The fourth-order valence-electron chi connectivity index (χ4n) is 7.52. The lowest BCUT2D eigenvalue weighted by molar-refractivity contribution is -0.166. The van der Waals surface area contributed by atoms with E-state index >= 15 is 0 Å². The molecule has 0 saturated carbocycles. The number of allylic oxidation sites excluding steroid dienone is 32. The number of esters is 3. The van der Waals surface area contributed by atoms with Crippen molar-refractivity contribution in [2.75, 3.05) is 13.2 Å². The van der Waals surface area contributed by atoms with E-state index in [1.807, 2.05) is 12.2 Å². The fourth-order valence-corrected chi connectivity index (χ4v) is 7.52. The molecule has 0 saturated heterocycles. The summed E-state index contributed by atoms with van der Waals surface area (Å²) in [6.07, 6.45) is 98.8. The number of carbonyl (C=O) groups is 3. The van der Waals surface area contributed by atoms with E-state index in [2.05, 4.69) is 203 Å². The normalized spacial score (nSPS) is 13.5. The van der Waals surface area contributed by atoms with Crippen molar-refractivity contribution in [1.82, 2.24) is 0 Å². The molecular formula is C73H110O6. The molecule has 0 aromatic carbocycles. The first kappa shape index (κ1) is 73.2. The summed E-state index contributed by atoms with van der Waals surface area (Å²) < 4.78 is 16.7. The Bertz CT molecular complexity index is 1920. The predicted octanol–water partition coefficient (Wildman–Crippen LogP) is 21.4. The molecule has 6 heteroatoms. The first-order valence-corrected chi connectivity index (χ1v) is 30.9. The van der Waals surface area contributed by atoms with Crippen molar-refractivity contribution in [3.63, 3.8) is 0 Å². The Labute approximate surface area is 484 Å². The standard InChI is InChI=1S/C73H110O6/c1-4-7-10-13-16-19-22-25-27-29-31-32-33-34-35-36-37-38-39-40-42-43-45-48-51-54-57-60-63-66-72(75)78-69-70(68-77-71(74)65-62-59-56-53-50-47-24-21-18-15-12-9-6-3)79-73(76)67-64-61-58-55-52-49-46-44-41-30-28-26-23-20-17-14-11-8-5-2/h7,9-10,12,16-21,25-28,31-32,34-35,37-38,40-42,44-45,47-48,50,54,56-57,59,70H,4-6,8,11,13-15,22-24,29-30,33,36,39,43,46,49,51-53,55,58,60-69H2,1-3H3/b10-7-,12-9-,19-16-,20-17-,21-18-,27-25-,28-26-,32-31-,35-34-,38-37-,42-40-,44-41-,48-45-,50-47-,57-54-,59-56-. The van der Waals surface area contributed by atoms with Crippen molar-refractivity contribution >= 4 is 17.9 Å². The molecule has 0 fully saturated rings. The highest BCUT2D eigenvalue weighted by Crippen LogP contribution is 2.12.